The minimum Gasteiger partial charge on any atom is -0.398 e. The van der Waals surface area contributed by atoms with Crippen molar-refractivity contribution < 1.29 is 4.79 Å². The molecule has 2 N–H and O–H groups in total. The minimum atomic E-state index is 0.00870. The Morgan fingerprint density at radius 3 is 2.47 bits per heavy atom. The fourth-order valence-corrected chi connectivity index (χ4v) is 2.00. The van der Waals surface area contributed by atoms with Crippen LogP contribution >= 0.6 is 15.9 Å². The first-order valence-corrected chi connectivity index (χ1v) is 6.03. The summed E-state index contributed by atoms with van der Waals surface area (Å²) in [4.78, 5) is 12.2. The highest BCUT2D eigenvalue weighted by atomic mass is 79.9. The highest BCUT2D eigenvalue weighted by Gasteiger charge is 2.10. The molecule has 0 amide bonds. The topological polar surface area (TPSA) is 43.1 Å². The number of halogens is 1. The molecule has 0 fully saturated rings. The van der Waals surface area contributed by atoms with Crippen LogP contribution in [0.4, 0.5) is 5.69 Å². The second-order valence-corrected chi connectivity index (χ2v) is 4.79. The van der Waals surface area contributed by atoms with Gasteiger partial charge in [0.1, 0.15) is 0 Å². The second-order valence-electron chi connectivity index (χ2n) is 3.93. The van der Waals surface area contributed by atoms with Gasteiger partial charge in [-0.25, -0.2) is 0 Å². The largest absolute Gasteiger partial charge is 0.398 e. The Hall–Kier alpha value is -1.61. The van der Waals surface area contributed by atoms with Gasteiger partial charge in [0, 0.05) is 21.3 Å². The molecule has 17 heavy (non-hydrogen) atoms. The third-order valence-electron chi connectivity index (χ3n) is 2.54. The Balaban J connectivity index is 2.40. The Morgan fingerprint density at radius 2 is 1.82 bits per heavy atom. The SMILES string of the molecule is Cc1cccc(C(=O)c2ccc(N)c(Br)c2)c1. The summed E-state index contributed by atoms with van der Waals surface area (Å²) in [5, 5.41) is 0. The number of anilines is 1. The van der Waals surface area contributed by atoms with Crippen molar-refractivity contribution >= 4 is 27.4 Å². The highest BCUT2D eigenvalue weighted by molar-refractivity contribution is 9.10. The molecule has 0 aromatic heterocycles. The summed E-state index contributed by atoms with van der Waals surface area (Å²) in [6.45, 7) is 1.97. The number of nitrogens with two attached hydrogens (primary N) is 1. The zero-order chi connectivity index (χ0) is 12.4. The Morgan fingerprint density at radius 1 is 1.12 bits per heavy atom. The van der Waals surface area contributed by atoms with Crippen LogP contribution in [-0.4, -0.2) is 5.78 Å². The number of ketones is 1. The van der Waals surface area contributed by atoms with E-state index in [1.807, 2.05) is 31.2 Å². The third kappa shape index (κ3) is 2.56. The first-order valence-electron chi connectivity index (χ1n) is 5.24. The van der Waals surface area contributed by atoms with Gasteiger partial charge in [-0.1, -0.05) is 23.8 Å². The molecule has 3 heteroatoms. The zero-order valence-electron chi connectivity index (χ0n) is 9.41. The van der Waals surface area contributed by atoms with E-state index in [9.17, 15) is 4.79 Å². The standard InChI is InChI=1S/C14H12BrNO/c1-9-3-2-4-10(7-9)14(17)11-5-6-13(16)12(15)8-11/h2-8H,16H2,1H3. The molecular weight excluding hydrogens is 278 g/mol. The molecule has 0 saturated carbocycles. The smallest absolute Gasteiger partial charge is 0.193 e. The molecule has 86 valence electrons. The van der Waals surface area contributed by atoms with E-state index in [2.05, 4.69) is 15.9 Å². The van der Waals surface area contributed by atoms with Gasteiger partial charge in [-0.2, -0.15) is 0 Å². The van der Waals surface area contributed by atoms with Gasteiger partial charge in [-0.3, -0.25) is 4.79 Å². The van der Waals surface area contributed by atoms with E-state index in [0.29, 0.717) is 16.8 Å². The lowest BCUT2D eigenvalue weighted by Crippen LogP contribution is -2.02. The molecule has 2 aromatic rings. The minimum absolute atomic E-state index is 0.00870. The third-order valence-corrected chi connectivity index (χ3v) is 3.23. The summed E-state index contributed by atoms with van der Waals surface area (Å²) in [5.41, 5.74) is 8.73. The molecule has 0 aliphatic rings. The maximum Gasteiger partial charge on any atom is 0.193 e. The molecule has 0 aliphatic heterocycles. The first kappa shape index (κ1) is 11.9. The summed E-state index contributed by atoms with van der Waals surface area (Å²) in [7, 11) is 0. The van der Waals surface area contributed by atoms with Crippen molar-refractivity contribution in [3.05, 3.63) is 63.6 Å². The van der Waals surface area contributed by atoms with Crippen molar-refractivity contribution in [1.82, 2.24) is 0 Å². The number of aryl methyl sites for hydroxylation is 1. The van der Waals surface area contributed by atoms with Crippen molar-refractivity contribution in [2.45, 2.75) is 6.92 Å². The number of benzene rings is 2. The fourth-order valence-electron chi connectivity index (χ4n) is 1.62. The first-order chi connectivity index (χ1) is 8.08. The molecular formula is C14H12BrNO. The van der Waals surface area contributed by atoms with Crippen molar-refractivity contribution in [2.24, 2.45) is 0 Å². The second kappa shape index (κ2) is 4.72. The molecule has 2 aromatic carbocycles. The monoisotopic (exact) mass is 289 g/mol. The van der Waals surface area contributed by atoms with Crippen LogP contribution in [0.1, 0.15) is 21.5 Å². The fraction of sp³-hybridized carbons (Fsp3) is 0.0714. The molecule has 2 nitrogen and oxygen atoms in total. The average Bonchev–Trinajstić information content (AvgIpc) is 2.32. The van der Waals surface area contributed by atoms with Crippen LogP contribution in [0.3, 0.4) is 0 Å². The van der Waals surface area contributed by atoms with Gasteiger partial charge in [0.15, 0.2) is 5.78 Å². The summed E-state index contributed by atoms with van der Waals surface area (Å²) >= 11 is 3.32. The predicted molar refractivity (Wildman–Crippen MR) is 73.2 cm³/mol. The van der Waals surface area contributed by atoms with Crippen LogP contribution in [0.5, 0.6) is 0 Å². The van der Waals surface area contributed by atoms with Gasteiger partial charge in [0.25, 0.3) is 0 Å². The number of nitrogen functional groups attached to an aromatic ring is 1. The van der Waals surface area contributed by atoms with Crippen molar-refractivity contribution in [3.63, 3.8) is 0 Å². The van der Waals surface area contributed by atoms with E-state index in [1.54, 1.807) is 18.2 Å². The van der Waals surface area contributed by atoms with Crippen molar-refractivity contribution in [1.29, 1.82) is 0 Å². The van der Waals surface area contributed by atoms with Gasteiger partial charge in [-0.05, 0) is 47.1 Å². The quantitative estimate of drug-likeness (QED) is 0.678. The van der Waals surface area contributed by atoms with Gasteiger partial charge in [0.2, 0.25) is 0 Å². The number of rotatable bonds is 2. The van der Waals surface area contributed by atoms with Crippen LogP contribution in [-0.2, 0) is 0 Å². The highest BCUT2D eigenvalue weighted by Crippen LogP contribution is 2.22. The summed E-state index contributed by atoms with van der Waals surface area (Å²) < 4.78 is 0.746. The van der Waals surface area contributed by atoms with Crippen LogP contribution < -0.4 is 5.73 Å². The van der Waals surface area contributed by atoms with Crippen LogP contribution in [0.2, 0.25) is 0 Å². The molecule has 0 saturated heterocycles. The summed E-state index contributed by atoms with van der Waals surface area (Å²) in [6, 6.07) is 12.8. The van der Waals surface area contributed by atoms with E-state index < -0.39 is 0 Å². The number of carbonyl (C=O) groups excluding carboxylic acids is 1. The molecule has 2 rings (SSSR count). The maximum atomic E-state index is 12.2. The molecule has 0 atom stereocenters. The number of hydrogen-bond donors (Lipinski definition) is 1. The average molecular weight is 290 g/mol. The molecule has 0 spiro atoms. The Kier molecular flexibility index (Phi) is 3.29. The van der Waals surface area contributed by atoms with Gasteiger partial charge < -0.3 is 5.73 Å². The normalized spacial score (nSPS) is 10.2. The Bertz CT molecular complexity index is 578. The van der Waals surface area contributed by atoms with Gasteiger partial charge >= 0.3 is 0 Å². The van der Waals surface area contributed by atoms with Crippen LogP contribution in [0.15, 0.2) is 46.9 Å². The Labute approximate surface area is 109 Å². The number of carbonyl (C=O) groups is 1. The van der Waals surface area contributed by atoms with Crippen molar-refractivity contribution in [2.75, 3.05) is 5.73 Å². The van der Waals surface area contributed by atoms with E-state index in [1.165, 1.54) is 0 Å². The lowest BCUT2D eigenvalue weighted by atomic mass is 10.0. The van der Waals surface area contributed by atoms with E-state index in [4.69, 9.17) is 5.73 Å². The van der Waals surface area contributed by atoms with Crippen molar-refractivity contribution in [3.8, 4) is 0 Å². The summed E-state index contributed by atoms with van der Waals surface area (Å²) in [6.07, 6.45) is 0. The van der Waals surface area contributed by atoms with E-state index in [0.717, 1.165) is 10.0 Å². The molecule has 0 heterocycles. The molecule has 0 radical (unpaired) electrons. The van der Waals surface area contributed by atoms with Crippen LogP contribution in [0, 0.1) is 6.92 Å². The van der Waals surface area contributed by atoms with Crippen LogP contribution in [0.25, 0.3) is 0 Å². The molecule has 0 bridgehead atoms. The van der Waals surface area contributed by atoms with Gasteiger partial charge in [-0.15, -0.1) is 0 Å². The zero-order valence-corrected chi connectivity index (χ0v) is 11.0. The number of hydrogen-bond acceptors (Lipinski definition) is 2. The summed E-state index contributed by atoms with van der Waals surface area (Å²) in [5.74, 6) is 0.00870. The lowest BCUT2D eigenvalue weighted by molar-refractivity contribution is 0.103. The maximum absolute atomic E-state index is 12.2. The van der Waals surface area contributed by atoms with Gasteiger partial charge in [0.05, 0.1) is 0 Å². The van der Waals surface area contributed by atoms with E-state index >= 15 is 0 Å². The lowest BCUT2D eigenvalue weighted by Gasteiger charge is -2.04. The molecule has 0 unspecified atom stereocenters. The predicted octanol–water partition coefficient (Wildman–Crippen LogP) is 3.57. The van der Waals surface area contributed by atoms with E-state index in [-0.39, 0.29) is 5.78 Å². The molecule has 0 aliphatic carbocycles.